The lowest BCUT2D eigenvalue weighted by Crippen LogP contribution is -2.61. The second-order valence-electron chi connectivity index (χ2n) is 6.00. The molecule has 7 nitrogen and oxygen atoms in total. The number of aromatic nitrogens is 2. The van der Waals surface area contributed by atoms with Crippen molar-refractivity contribution in [3.8, 4) is 5.75 Å². The van der Waals surface area contributed by atoms with Crippen LogP contribution < -0.4 is 10.1 Å². The number of thiazole rings is 1. The highest BCUT2D eigenvalue weighted by Gasteiger charge is 2.33. The third kappa shape index (κ3) is 2.99. The van der Waals surface area contributed by atoms with Gasteiger partial charge in [0.1, 0.15) is 11.4 Å². The first-order valence-corrected chi connectivity index (χ1v) is 9.01. The van der Waals surface area contributed by atoms with Crippen LogP contribution in [0.3, 0.4) is 0 Å². The molecule has 0 radical (unpaired) electrons. The van der Waals surface area contributed by atoms with Crippen molar-refractivity contribution in [3.63, 3.8) is 0 Å². The molecular weight excluding hydrogens is 352 g/mol. The van der Waals surface area contributed by atoms with Crippen LogP contribution in [0, 0.1) is 0 Å². The number of hydrogen-bond donors (Lipinski definition) is 1. The summed E-state index contributed by atoms with van der Waals surface area (Å²) in [4.78, 5) is 34.9. The first-order chi connectivity index (χ1) is 12.7. The van der Waals surface area contributed by atoms with E-state index in [1.807, 2.05) is 18.2 Å². The predicted molar refractivity (Wildman–Crippen MR) is 97.6 cm³/mol. The van der Waals surface area contributed by atoms with Gasteiger partial charge in [0.15, 0.2) is 0 Å². The standard InChI is InChI=1S/C18H16N4O3S/c1-25-13-5-11-3-2-4-19-16(11)14(6-13)17(23)21-12-7-22(8-12)18(24)15-9-26-10-20-15/h2-6,9-10,12H,7-8H2,1H3,(H,21,23). The van der Waals surface area contributed by atoms with E-state index in [-0.39, 0.29) is 17.9 Å². The Balaban J connectivity index is 1.46. The van der Waals surface area contributed by atoms with Crippen molar-refractivity contribution < 1.29 is 14.3 Å². The summed E-state index contributed by atoms with van der Waals surface area (Å²) in [5.74, 6) is 0.271. The molecule has 2 aromatic heterocycles. The Kier molecular flexibility index (Phi) is 4.26. The number of fused-ring (bicyclic) bond motifs is 1. The molecule has 4 rings (SSSR count). The molecular formula is C18H16N4O3S. The molecule has 2 amide bonds. The van der Waals surface area contributed by atoms with E-state index in [0.29, 0.717) is 35.6 Å². The van der Waals surface area contributed by atoms with Crippen LogP contribution in [-0.4, -0.2) is 52.9 Å². The Hall–Kier alpha value is -3.00. The van der Waals surface area contributed by atoms with Gasteiger partial charge in [-0.05, 0) is 18.2 Å². The molecule has 26 heavy (non-hydrogen) atoms. The van der Waals surface area contributed by atoms with Crippen LogP contribution in [0.4, 0.5) is 0 Å². The van der Waals surface area contributed by atoms with Crippen molar-refractivity contribution in [2.75, 3.05) is 20.2 Å². The van der Waals surface area contributed by atoms with Crippen LogP contribution in [0.2, 0.25) is 0 Å². The molecule has 3 heterocycles. The number of ether oxygens (including phenoxy) is 1. The van der Waals surface area contributed by atoms with E-state index in [2.05, 4.69) is 15.3 Å². The Bertz CT molecular complexity index is 968. The zero-order chi connectivity index (χ0) is 18.1. The lowest BCUT2D eigenvalue weighted by Gasteiger charge is -2.39. The summed E-state index contributed by atoms with van der Waals surface area (Å²) >= 11 is 1.39. The maximum absolute atomic E-state index is 12.7. The van der Waals surface area contributed by atoms with Gasteiger partial charge in [-0.3, -0.25) is 14.6 Å². The fourth-order valence-electron chi connectivity index (χ4n) is 2.93. The Morgan fingerprint density at radius 1 is 1.31 bits per heavy atom. The average Bonchev–Trinajstić information content (AvgIpc) is 3.17. The molecule has 0 aliphatic carbocycles. The molecule has 1 aliphatic heterocycles. The van der Waals surface area contributed by atoms with Crippen molar-refractivity contribution in [2.45, 2.75) is 6.04 Å². The molecule has 0 saturated carbocycles. The Morgan fingerprint density at radius 3 is 2.88 bits per heavy atom. The van der Waals surface area contributed by atoms with E-state index in [4.69, 9.17) is 4.74 Å². The molecule has 1 fully saturated rings. The van der Waals surface area contributed by atoms with Gasteiger partial charge < -0.3 is 15.0 Å². The molecule has 1 aromatic carbocycles. The number of amides is 2. The molecule has 0 atom stereocenters. The SMILES string of the molecule is COc1cc(C(=O)NC2CN(C(=O)c3cscn3)C2)c2ncccc2c1. The number of likely N-dealkylation sites (tertiary alicyclic amines) is 1. The second-order valence-corrected chi connectivity index (χ2v) is 6.72. The van der Waals surface area contributed by atoms with Gasteiger partial charge in [-0.25, -0.2) is 4.98 Å². The highest BCUT2D eigenvalue weighted by Crippen LogP contribution is 2.24. The number of carbonyl (C=O) groups is 2. The largest absolute Gasteiger partial charge is 0.497 e. The maximum Gasteiger partial charge on any atom is 0.273 e. The van der Waals surface area contributed by atoms with Crippen LogP contribution in [0.5, 0.6) is 5.75 Å². The first-order valence-electron chi connectivity index (χ1n) is 8.07. The molecule has 1 saturated heterocycles. The lowest BCUT2D eigenvalue weighted by atomic mass is 10.1. The summed E-state index contributed by atoms with van der Waals surface area (Å²) in [5.41, 5.74) is 3.17. The average molecular weight is 368 g/mol. The third-order valence-corrected chi connectivity index (χ3v) is 4.90. The Morgan fingerprint density at radius 2 is 2.15 bits per heavy atom. The highest BCUT2D eigenvalue weighted by atomic mass is 32.1. The van der Waals surface area contributed by atoms with Gasteiger partial charge in [0.25, 0.3) is 11.8 Å². The van der Waals surface area contributed by atoms with Crippen LogP contribution in [0.15, 0.2) is 41.4 Å². The number of nitrogens with zero attached hydrogens (tertiary/aromatic N) is 3. The van der Waals surface area contributed by atoms with Gasteiger partial charge in [0, 0.05) is 30.1 Å². The summed E-state index contributed by atoms with van der Waals surface area (Å²) in [5, 5.41) is 5.52. The molecule has 0 unspecified atom stereocenters. The number of hydrogen-bond acceptors (Lipinski definition) is 6. The lowest BCUT2D eigenvalue weighted by molar-refractivity contribution is 0.0538. The molecule has 1 aliphatic rings. The summed E-state index contributed by atoms with van der Waals surface area (Å²) < 4.78 is 5.28. The van der Waals surface area contributed by atoms with E-state index < -0.39 is 0 Å². The highest BCUT2D eigenvalue weighted by molar-refractivity contribution is 7.07. The van der Waals surface area contributed by atoms with Crippen molar-refractivity contribution in [3.05, 3.63) is 52.6 Å². The zero-order valence-corrected chi connectivity index (χ0v) is 14.8. The number of pyridine rings is 1. The van der Waals surface area contributed by atoms with Crippen LogP contribution >= 0.6 is 11.3 Å². The van der Waals surface area contributed by atoms with E-state index in [9.17, 15) is 9.59 Å². The molecule has 8 heteroatoms. The monoisotopic (exact) mass is 368 g/mol. The smallest absolute Gasteiger partial charge is 0.273 e. The predicted octanol–water partition coefficient (Wildman–Crippen LogP) is 1.95. The van der Waals surface area contributed by atoms with Crippen molar-refractivity contribution in [1.82, 2.24) is 20.2 Å². The zero-order valence-electron chi connectivity index (χ0n) is 14.0. The molecule has 3 aromatic rings. The second kappa shape index (κ2) is 6.72. The van der Waals surface area contributed by atoms with E-state index >= 15 is 0 Å². The van der Waals surface area contributed by atoms with E-state index in [1.165, 1.54) is 11.3 Å². The molecule has 0 bridgehead atoms. The number of carbonyl (C=O) groups excluding carboxylic acids is 2. The topological polar surface area (TPSA) is 84.4 Å². The quantitative estimate of drug-likeness (QED) is 0.761. The van der Waals surface area contributed by atoms with Gasteiger partial charge in [-0.15, -0.1) is 11.3 Å². The minimum absolute atomic E-state index is 0.0879. The van der Waals surface area contributed by atoms with Crippen LogP contribution in [0.1, 0.15) is 20.8 Å². The van der Waals surface area contributed by atoms with E-state index in [0.717, 1.165) is 5.39 Å². The van der Waals surface area contributed by atoms with Gasteiger partial charge >= 0.3 is 0 Å². The van der Waals surface area contributed by atoms with Crippen molar-refractivity contribution in [1.29, 1.82) is 0 Å². The van der Waals surface area contributed by atoms with Crippen molar-refractivity contribution >= 4 is 34.1 Å². The molecule has 0 spiro atoms. The fourth-order valence-corrected chi connectivity index (χ4v) is 3.46. The number of benzene rings is 1. The third-order valence-electron chi connectivity index (χ3n) is 4.31. The fraction of sp³-hybridized carbons (Fsp3) is 0.222. The van der Waals surface area contributed by atoms with Crippen molar-refractivity contribution in [2.24, 2.45) is 0 Å². The number of rotatable bonds is 4. The van der Waals surface area contributed by atoms with Gasteiger partial charge in [-0.2, -0.15) is 0 Å². The molecule has 1 N–H and O–H groups in total. The summed E-state index contributed by atoms with van der Waals surface area (Å²) in [7, 11) is 1.56. The van der Waals surface area contributed by atoms with Gasteiger partial charge in [-0.1, -0.05) is 6.07 Å². The van der Waals surface area contributed by atoms with E-state index in [1.54, 1.807) is 35.2 Å². The van der Waals surface area contributed by atoms with Crippen LogP contribution in [-0.2, 0) is 0 Å². The van der Waals surface area contributed by atoms with Gasteiger partial charge in [0.05, 0.1) is 29.7 Å². The number of nitrogens with one attached hydrogen (secondary N) is 1. The molecule has 132 valence electrons. The number of methoxy groups -OCH3 is 1. The minimum Gasteiger partial charge on any atom is -0.497 e. The summed E-state index contributed by atoms with van der Waals surface area (Å²) in [6.07, 6.45) is 1.66. The minimum atomic E-state index is -0.224. The van der Waals surface area contributed by atoms with Gasteiger partial charge in [0.2, 0.25) is 0 Å². The Labute approximate surface area is 153 Å². The summed E-state index contributed by atoms with van der Waals surface area (Å²) in [6, 6.07) is 7.14. The summed E-state index contributed by atoms with van der Waals surface area (Å²) in [6.45, 7) is 0.939. The normalized spacial score (nSPS) is 14.1. The first kappa shape index (κ1) is 16.5. The van der Waals surface area contributed by atoms with Crippen LogP contribution in [0.25, 0.3) is 10.9 Å². The maximum atomic E-state index is 12.7.